The third-order valence-electron chi connectivity index (χ3n) is 2.27. The molecule has 0 aliphatic carbocycles. The molecule has 0 aromatic heterocycles. The van der Waals surface area contributed by atoms with E-state index in [4.69, 9.17) is 0 Å². The van der Waals surface area contributed by atoms with Gasteiger partial charge in [-0.15, -0.1) is 0 Å². The van der Waals surface area contributed by atoms with Crippen LogP contribution in [0.2, 0.25) is 0 Å². The van der Waals surface area contributed by atoms with Crippen molar-refractivity contribution in [1.82, 2.24) is 0 Å². The molecule has 2 aromatic carbocycles. The summed E-state index contributed by atoms with van der Waals surface area (Å²) in [5, 5.41) is 18.6. The predicted octanol–water partition coefficient (Wildman–Crippen LogP) is 2.44. The molecule has 0 amide bonds. The first-order chi connectivity index (χ1) is 8.00. The van der Waals surface area contributed by atoms with Gasteiger partial charge in [0.2, 0.25) is 0 Å². The van der Waals surface area contributed by atoms with Gasteiger partial charge >= 0.3 is 117 Å². The van der Waals surface area contributed by atoms with Gasteiger partial charge in [0.05, 0.1) is 0 Å². The monoisotopic (exact) mass is 474 g/mol. The molecule has 5 heteroatoms. The van der Waals surface area contributed by atoms with E-state index in [0.717, 1.165) is 7.22 Å². The van der Waals surface area contributed by atoms with Crippen molar-refractivity contribution in [3.8, 4) is 11.5 Å². The minimum atomic E-state index is -2.68. The summed E-state index contributed by atoms with van der Waals surface area (Å²) in [6, 6.07) is 14.4. The summed E-state index contributed by atoms with van der Waals surface area (Å²) < 4.78 is 2.30. The Balaban J connectivity index is 2.41. The molecule has 0 heterocycles. The first-order valence-electron chi connectivity index (χ1n) is 4.81. The van der Waals surface area contributed by atoms with Gasteiger partial charge in [-0.1, -0.05) is 0 Å². The van der Waals surface area contributed by atoms with Gasteiger partial charge in [-0.05, 0) is 0 Å². The summed E-state index contributed by atoms with van der Waals surface area (Å²) in [6.45, 7) is 0. The molecule has 0 unspecified atom stereocenters. The summed E-state index contributed by atoms with van der Waals surface area (Å²) in [5.41, 5.74) is 0. The first-order valence-corrected chi connectivity index (χ1v) is 17.6. The molecule has 0 atom stereocenters. The van der Waals surface area contributed by atoms with Gasteiger partial charge in [-0.3, -0.25) is 0 Å². The van der Waals surface area contributed by atoms with Gasteiger partial charge < -0.3 is 0 Å². The van der Waals surface area contributed by atoms with E-state index < -0.39 is 13.8 Å². The van der Waals surface area contributed by atoms with E-state index in [1.807, 2.05) is 24.3 Å². The number of aromatic hydroxyl groups is 2. The second kappa shape index (κ2) is 5.19. The molecule has 0 bridgehead atoms. The van der Waals surface area contributed by atoms with Gasteiger partial charge in [0.1, 0.15) is 0 Å². The van der Waals surface area contributed by atoms with E-state index in [1.165, 1.54) is 0 Å². The molecule has 0 fully saturated rings. The summed E-state index contributed by atoms with van der Waals surface area (Å²) >= 11 is 4.90. The quantitative estimate of drug-likeness (QED) is 0.658. The van der Waals surface area contributed by atoms with Gasteiger partial charge in [0.15, 0.2) is 0 Å². The first kappa shape index (κ1) is 13.2. The van der Waals surface area contributed by atoms with E-state index in [2.05, 4.69) is 25.5 Å². The zero-order valence-electron chi connectivity index (χ0n) is 8.68. The molecule has 2 rings (SSSR count). The van der Waals surface area contributed by atoms with Crippen LogP contribution in [0, 0.1) is 0 Å². The Labute approximate surface area is 116 Å². The van der Waals surface area contributed by atoms with E-state index in [-0.39, 0.29) is 11.5 Å². The Morgan fingerprint density at radius 3 is 1.24 bits per heavy atom. The molecular weight excluding hydrogens is 464 g/mol. The van der Waals surface area contributed by atoms with Crippen LogP contribution >= 0.6 is 25.5 Å². The minimum absolute atomic E-state index is 0.262. The van der Waals surface area contributed by atoms with Gasteiger partial charge in [0.25, 0.3) is 0 Å². The zero-order chi connectivity index (χ0) is 12.5. The standard InChI is InChI=1S/C12H10Br2O2Te/c13-17(14,11-5-1-9(15)2-6-11)12-7-3-10(16)4-8-12/h1-8,15-16H. The Morgan fingerprint density at radius 2 is 0.941 bits per heavy atom. The van der Waals surface area contributed by atoms with Crippen LogP contribution in [0.15, 0.2) is 48.5 Å². The van der Waals surface area contributed by atoms with Crippen LogP contribution < -0.4 is 7.22 Å². The molecule has 2 nitrogen and oxygen atoms in total. The van der Waals surface area contributed by atoms with E-state index in [9.17, 15) is 10.2 Å². The second-order valence-corrected chi connectivity index (χ2v) is 27.7. The summed E-state index contributed by atoms with van der Waals surface area (Å²) in [4.78, 5) is 0. The second-order valence-electron chi connectivity index (χ2n) is 3.46. The molecule has 2 N–H and O–H groups in total. The molecule has 0 spiro atoms. The number of hydrogen-bond acceptors (Lipinski definition) is 2. The molecular formula is C12H10Br2O2Te. The van der Waals surface area contributed by atoms with Crippen molar-refractivity contribution in [3.63, 3.8) is 0 Å². The average molecular weight is 474 g/mol. The van der Waals surface area contributed by atoms with Crippen molar-refractivity contribution in [3.05, 3.63) is 48.5 Å². The van der Waals surface area contributed by atoms with E-state index >= 15 is 0 Å². The summed E-state index contributed by atoms with van der Waals surface area (Å²) in [5.74, 6) is 0.524. The SMILES string of the molecule is Oc1ccc([Te](Br)(Br)c2ccc(O)cc2)cc1. The Morgan fingerprint density at radius 1 is 0.647 bits per heavy atom. The Kier molecular flexibility index (Phi) is 4.04. The van der Waals surface area contributed by atoms with Crippen LogP contribution in [-0.4, -0.2) is 24.0 Å². The van der Waals surface area contributed by atoms with Crippen molar-refractivity contribution in [2.24, 2.45) is 0 Å². The van der Waals surface area contributed by atoms with Crippen LogP contribution in [0.4, 0.5) is 0 Å². The molecule has 17 heavy (non-hydrogen) atoms. The zero-order valence-corrected chi connectivity index (χ0v) is 14.2. The number of hydrogen-bond donors (Lipinski definition) is 2. The average Bonchev–Trinajstić information content (AvgIpc) is 2.30. The third kappa shape index (κ3) is 2.97. The molecule has 0 saturated carbocycles. The molecule has 0 saturated heterocycles. The van der Waals surface area contributed by atoms with E-state index in [0.29, 0.717) is 0 Å². The summed E-state index contributed by atoms with van der Waals surface area (Å²) in [7, 11) is 0. The van der Waals surface area contributed by atoms with E-state index in [1.54, 1.807) is 24.3 Å². The third-order valence-corrected chi connectivity index (χ3v) is 17.2. The van der Waals surface area contributed by atoms with Crippen LogP contribution in [0.5, 0.6) is 11.5 Å². The van der Waals surface area contributed by atoms with Gasteiger partial charge in [-0.25, -0.2) is 0 Å². The van der Waals surface area contributed by atoms with Crippen LogP contribution in [0.25, 0.3) is 0 Å². The van der Waals surface area contributed by atoms with Crippen LogP contribution in [0.3, 0.4) is 0 Å². The molecule has 90 valence electrons. The fourth-order valence-corrected chi connectivity index (χ4v) is 10.7. The molecule has 2 aromatic rings. The normalized spacial score (nSPS) is 12.4. The maximum absolute atomic E-state index is 9.29. The predicted molar refractivity (Wildman–Crippen MR) is 79.1 cm³/mol. The van der Waals surface area contributed by atoms with Gasteiger partial charge in [-0.2, -0.15) is 0 Å². The fraction of sp³-hybridized carbons (Fsp3) is 0. The topological polar surface area (TPSA) is 40.5 Å². The molecule has 0 aliphatic heterocycles. The Hall–Kier alpha value is -0.210. The molecule has 0 radical (unpaired) electrons. The van der Waals surface area contributed by atoms with Crippen LogP contribution in [0.1, 0.15) is 0 Å². The van der Waals surface area contributed by atoms with Crippen molar-refractivity contribution in [2.45, 2.75) is 0 Å². The Bertz CT molecular complexity index is 462. The van der Waals surface area contributed by atoms with Crippen molar-refractivity contribution in [1.29, 1.82) is 0 Å². The number of halogens is 2. The fourth-order valence-electron chi connectivity index (χ4n) is 1.37. The number of benzene rings is 2. The van der Waals surface area contributed by atoms with Gasteiger partial charge in [0, 0.05) is 0 Å². The number of phenols is 2. The number of phenolic OH excluding ortho intramolecular Hbond substituents is 2. The van der Waals surface area contributed by atoms with Crippen molar-refractivity contribution in [2.75, 3.05) is 0 Å². The maximum atomic E-state index is 9.29. The van der Waals surface area contributed by atoms with Crippen molar-refractivity contribution >= 4 is 46.5 Å². The van der Waals surface area contributed by atoms with Crippen molar-refractivity contribution < 1.29 is 10.2 Å². The molecule has 0 aliphatic rings. The summed E-state index contributed by atoms with van der Waals surface area (Å²) in [6.07, 6.45) is 0. The van der Waals surface area contributed by atoms with Crippen LogP contribution in [-0.2, 0) is 0 Å². The number of rotatable bonds is 2.